The normalized spacial score (nSPS) is 10.5. The van der Waals surface area contributed by atoms with Gasteiger partial charge in [-0.25, -0.2) is 5.43 Å². The van der Waals surface area contributed by atoms with E-state index in [1.165, 1.54) is 6.21 Å². The fourth-order valence-electron chi connectivity index (χ4n) is 1.67. The predicted octanol–water partition coefficient (Wildman–Crippen LogP) is 2.23. The maximum absolute atomic E-state index is 11.6. The van der Waals surface area contributed by atoms with Crippen LogP contribution in [-0.4, -0.2) is 23.8 Å². The van der Waals surface area contributed by atoms with Crippen molar-refractivity contribution in [2.45, 2.75) is 6.92 Å². The summed E-state index contributed by atoms with van der Waals surface area (Å²) in [6.45, 7) is 1.84. The summed E-state index contributed by atoms with van der Waals surface area (Å²) in [6.07, 6.45) is 1.45. The number of aryl methyl sites for hydroxylation is 1. The summed E-state index contributed by atoms with van der Waals surface area (Å²) in [5.41, 5.74) is 4.11. The third kappa shape index (κ3) is 4.99. The molecule has 2 aromatic carbocycles. The summed E-state index contributed by atoms with van der Waals surface area (Å²) in [4.78, 5) is 11.6. The van der Waals surface area contributed by atoms with Crippen LogP contribution in [-0.2, 0) is 4.79 Å². The fraction of sp³-hybridized carbons (Fsp3) is 0.125. The van der Waals surface area contributed by atoms with Crippen molar-refractivity contribution in [3.63, 3.8) is 0 Å². The maximum atomic E-state index is 11.6. The molecule has 1 amide bonds. The molecule has 0 bridgehead atoms. The SMILES string of the molecule is Cc1cccc(OCC(=O)N/N=C/c2cccc(O)c2)c1. The lowest BCUT2D eigenvalue weighted by Crippen LogP contribution is -2.24. The molecule has 0 aliphatic heterocycles. The van der Waals surface area contributed by atoms with Crippen LogP contribution in [0.5, 0.6) is 11.5 Å². The first-order chi connectivity index (χ1) is 10.1. The Morgan fingerprint density at radius 1 is 1.29 bits per heavy atom. The zero-order valence-electron chi connectivity index (χ0n) is 11.6. The van der Waals surface area contributed by atoms with Gasteiger partial charge in [0, 0.05) is 0 Å². The van der Waals surface area contributed by atoms with Crippen molar-refractivity contribution >= 4 is 12.1 Å². The van der Waals surface area contributed by atoms with Crippen LogP contribution in [0.2, 0.25) is 0 Å². The topological polar surface area (TPSA) is 70.9 Å². The molecule has 0 aromatic heterocycles. The lowest BCUT2D eigenvalue weighted by atomic mass is 10.2. The van der Waals surface area contributed by atoms with Crippen LogP contribution >= 0.6 is 0 Å². The first-order valence-electron chi connectivity index (χ1n) is 6.44. The molecule has 5 heteroatoms. The van der Waals surface area contributed by atoms with E-state index in [-0.39, 0.29) is 18.3 Å². The molecule has 0 saturated heterocycles. The van der Waals surface area contributed by atoms with Gasteiger partial charge in [-0.3, -0.25) is 4.79 Å². The Morgan fingerprint density at radius 3 is 2.86 bits per heavy atom. The summed E-state index contributed by atoms with van der Waals surface area (Å²) in [5.74, 6) is 0.433. The molecule has 2 N–H and O–H groups in total. The zero-order chi connectivity index (χ0) is 15.1. The number of hydrogen-bond donors (Lipinski definition) is 2. The second-order valence-corrected chi connectivity index (χ2v) is 4.49. The monoisotopic (exact) mass is 284 g/mol. The van der Waals surface area contributed by atoms with Gasteiger partial charge in [0.1, 0.15) is 11.5 Å². The molecule has 0 aliphatic rings. The number of benzene rings is 2. The Morgan fingerprint density at radius 2 is 2.10 bits per heavy atom. The summed E-state index contributed by atoms with van der Waals surface area (Å²) in [5, 5.41) is 13.1. The Balaban J connectivity index is 1.80. The van der Waals surface area contributed by atoms with Gasteiger partial charge in [-0.2, -0.15) is 5.10 Å². The van der Waals surface area contributed by atoms with Gasteiger partial charge < -0.3 is 9.84 Å². The standard InChI is InChI=1S/C16H16N2O3/c1-12-4-2-7-15(8-12)21-11-16(20)18-17-10-13-5-3-6-14(19)9-13/h2-10,19H,11H2,1H3,(H,18,20)/b17-10+. The number of nitrogens with zero attached hydrogens (tertiary/aromatic N) is 1. The molecule has 0 spiro atoms. The quantitative estimate of drug-likeness (QED) is 0.653. The fourth-order valence-corrected chi connectivity index (χ4v) is 1.67. The second-order valence-electron chi connectivity index (χ2n) is 4.49. The number of phenols is 1. The van der Waals surface area contributed by atoms with Crippen LogP contribution in [0.1, 0.15) is 11.1 Å². The molecule has 0 atom stereocenters. The summed E-state index contributed by atoms with van der Waals surface area (Å²) in [6, 6.07) is 14.0. The molecule has 0 unspecified atom stereocenters. The van der Waals surface area contributed by atoms with Crippen LogP contribution < -0.4 is 10.2 Å². The van der Waals surface area contributed by atoms with E-state index < -0.39 is 0 Å². The highest BCUT2D eigenvalue weighted by Crippen LogP contribution is 2.12. The second kappa shape index (κ2) is 7.09. The number of hydrazone groups is 1. The summed E-state index contributed by atoms with van der Waals surface area (Å²) < 4.78 is 5.34. The maximum Gasteiger partial charge on any atom is 0.277 e. The highest BCUT2D eigenvalue weighted by molar-refractivity contribution is 5.83. The largest absolute Gasteiger partial charge is 0.508 e. The van der Waals surface area contributed by atoms with E-state index >= 15 is 0 Å². The highest BCUT2D eigenvalue weighted by atomic mass is 16.5. The molecule has 0 radical (unpaired) electrons. The van der Waals surface area contributed by atoms with E-state index in [2.05, 4.69) is 10.5 Å². The molecule has 0 saturated carbocycles. The third-order valence-corrected chi connectivity index (χ3v) is 2.63. The van der Waals surface area contributed by atoms with E-state index in [9.17, 15) is 9.90 Å². The van der Waals surface area contributed by atoms with Crippen LogP contribution in [0.15, 0.2) is 53.6 Å². The Labute approximate surface area is 122 Å². The number of rotatable bonds is 5. The lowest BCUT2D eigenvalue weighted by Gasteiger charge is -2.05. The molecule has 0 fully saturated rings. The number of aromatic hydroxyl groups is 1. The van der Waals surface area contributed by atoms with Crippen molar-refractivity contribution in [2.24, 2.45) is 5.10 Å². The summed E-state index contributed by atoms with van der Waals surface area (Å²) in [7, 11) is 0. The summed E-state index contributed by atoms with van der Waals surface area (Å²) >= 11 is 0. The van der Waals surface area contributed by atoms with Crippen molar-refractivity contribution in [2.75, 3.05) is 6.61 Å². The lowest BCUT2D eigenvalue weighted by molar-refractivity contribution is -0.123. The minimum Gasteiger partial charge on any atom is -0.508 e. The molecule has 0 heterocycles. The van der Waals surface area contributed by atoms with E-state index in [0.29, 0.717) is 11.3 Å². The molecule has 108 valence electrons. The minimum atomic E-state index is -0.354. The van der Waals surface area contributed by atoms with Gasteiger partial charge in [-0.15, -0.1) is 0 Å². The molecular weight excluding hydrogens is 268 g/mol. The van der Waals surface area contributed by atoms with Gasteiger partial charge in [0.25, 0.3) is 5.91 Å². The third-order valence-electron chi connectivity index (χ3n) is 2.63. The van der Waals surface area contributed by atoms with Crippen LogP contribution in [0.3, 0.4) is 0 Å². The van der Waals surface area contributed by atoms with Crippen LogP contribution in [0.25, 0.3) is 0 Å². The van der Waals surface area contributed by atoms with E-state index in [0.717, 1.165) is 5.56 Å². The van der Waals surface area contributed by atoms with Crippen molar-refractivity contribution in [1.82, 2.24) is 5.43 Å². The molecule has 2 aromatic rings. The molecule has 5 nitrogen and oxygen atoms in total. The van der Waals surface area contributed by atoms with Gasteiger partial charge in [0.2, 0.25) is 0 Å². The number of nitrogens with one attached hydrogen (secondary N) is 1. The average Bonchev–Trinajstić information content (AvgIpc) is 2.45. The molecule has 21 heavy (non-hydrogen) atoms. The molecular formula is C16H16N2O3. The number of carbonyl (C=O) groups is 1. The van der Waals surface area contributed by atoms with E-state index in [4.69, 9.17) is 4.74 Å². The number of hydrogen-bond acceptors (Lipinski definition) is 4. The van der Waals surface area contributed by atoms with Gasteiger partial charge >= 0.3 is 0 Å². The van der Waals surface area contributed by atoms with Crippen LogP contribution in [0.4, 0.5) is 0 Å². The van der Waals surface area contributed by atoms with Crippen molar-refractivity contribution in [3.8, 4) is 11.5 Å². The van der Waals surface area contributed by atoms with Crippen molar-refractivity contribution < 1.29 is 14.6 Å². The Kier molecular flexibility index (Phi) is 4.93. The minimum absolute atomic E-state index is 0.110. The average molecular weight is 284 g/mol. The van der Waals surface area contributed by atoms with Gasteiger partial charge in [-0.1, -0.05) is 24.3 Å². The first-order valence-corrected chi connectivity index (χ1v) is 6.44. The number of phenolic OH excluding ortho intramolecular Hbond substituents is 1. The number of carbonyl (C=O) groups excluding carboxylic acids is 1. The molecule has 0 aliphatic carbocycles. The van der Waals surface area contributed by atoms with Crippen LogP contribution in [0, 0.1) is 6.92 Å². The Bertz CT molecular complexity index is 653. The van der Waals surface area contributed by atoms with Gasteiger partial charge in [0.15, 0.2) is 6.61 Å². The Hall–Kier alpha value is -2.82. The van der Waals surface area contributed by atoms with Crippen molar-refractivity contribution in [1.29, 1.82) is 0 Å². The van der Waals surface area contributed by atoms with E-state index in [1.807, 2.05) is 25.1 Å². The van der Waals surface area contributed by atoms with E-state index in [1.54, 1.807) is 30.3 Å². The smallest absolute Gasteiger partial charge is 0.277 e. The van der Waals surface area contributed by atoms with Gasteiger partial charge in [-0.05, 0) is 42.3 Å². The number of ether oxygens (including phenoxy) is 1. The number of amides is 1. The van der Waals surface area contributed by atoms with Gasteiger partial charge in [0.05, 0.1) is 6.21 Å². The molecule has 2 rings (SSSR count). The van der Waals surface area contributed by atoms with Crippen molar-refractivity contribution in [3.05, 3.63) is 59.7 Å². The first kappa shape index (κ1) is 14.6. The zero-order valence-corrected chi connectivity index (χ0v) is 11.6. The predicted molar refractivity (Wildman–Crippen MR) is 80.5 cm³/mol. The highest BCUT2D eigenvalue weighted by Gasteiger charge is 2.01.